The zero-order chi connectivity index (χ0) is 13.5. The summed E-state index contributed by atoms with van der Waals surface area (Å²) in [5.74, 6) is -0.472. The van der Waals surface area contributed by atoms with Crippen LogP contribution in [0, 0.1) is 0 Å². The Morgan fingerprint density at radius 1 is 1.61 bits per heavy atom. The molecule has 2 N–H and O–H groups in total. The third-order valence-corrected chi connectivity index (χ3v) is 1.91. The zero-order valence-corrected chi connectivity index (χ0v) is 9.77. The fourth-order valence-corrected chi connectivity index (χ4v) is 1.12. The van der Waals surface area contributed by atoms with Crippen LogP contribution in [0.2, 0.25) is 0 Å². The Morgan fingerprint density at radius 3 is 2.94 bits per heavy atom. The molecule has 5 nitrogen and oxygen atoms in total. The SMILES string of the molecule is CC(O)CNC(=O)c1ccnc(OCC(F)F)c1. The van der Waals surface area contributed by atoms with Crippen LogP contribution < -0.4 is 10.1 Å². The molecule has 7 heteroatoms. The quantitative estimate of drug-likeness (QED) is 0.795. The minimum absolute atomic E-state index is 0.0417. The molecule has 18 heavy (non-hydrogen) atoms. The predicted molar refractivity (Wildman–Crippen MR) is 59.8 cm³/mol. The van der Waals surface area contributed by atoms with Gasteiger partial charge in [-0.15, -0.1) is 0 Å². The van der Waals surface area contributed by atoms with Crippen molar-refractivity contribution in [3.05, 3.63) is 23.9 Å². The minimum Gasteiger partial charge on any atom is -0.472 e. The molecule has 1 aromatic heterocycles. The van der Waals surface area contributed by atoms with Gasteiger partial charge in [-0.2, -0.15) is 0 Å². The fraction of sp³-hybridized carbons (Fsp3) is 0.455. The lowest BCUT2D eigenvalue weighted by atomic mass is 10.2. The summed E-state index contributed by atoms with van der Waals surface area (Å²) < 4.78 is 28.6. The maximum Gasteiger partial charge on any atom is 0.272 e. The highest BCUT2D eigenvalue weighted by molar-refractivity contribution is 5.94. The van der Waals surface area contributed by atoms with Crippen molar-refractivity contribution >= 4 is 5.91 Å². The molecule has 0 radical (unpaired) electrons. The van der Waals surface area contributed by atoms with E-state index < -0.39 is 25.0 Å². The normalized spacial score (nSPS) is 12.3. The smallest absolute Gasteiger partial charge is 0.272 e. The van der Waals surface area contributed by atoms with Crippen LogP contribution >= 0.6 is 0 Å². The summed E-state index contributed by atoms with van der Waals surface area (Å²) >= 11 is 0. The summed E-state index contributed by atoms with van der Waals surface area (Å²) in [6.45, 7) is 0.865. The van der Waals surface area contributed by atoms with Gasteiger partial charge in [0, 0.05) is 24.4 Å². The highest BCUT2D eigenvalue weighted by Crippen LogP contribution is 2.10. The fourth-order valence-electron chi connectivity index (χ4n) is 1.12. The summed E-state index contributed by atoms with van der Waals surface area (Å²) in [7, 11) is 0. The first kappa shape index (κ1) is 14.3. The van der Waals surface area contributed by atoms with Crippen molar-refractivity contribution in [3.63, 3.8) is 0 Å². The van der Waals surface area contributed by atoms with Gasteiger partial charge in [0.1, 0.15) is 0 Å². The van der Waals surface area contributed by atoms with Gasteiger partial charge in [0.25, 0.3) is 12.3 Å². The van der Waals surface area contributed by atoms with E-state index in [0.29, 0.717) is 0 Å². The number of alkyl halides is 2. The molecule has 1 rings (SSSR count). The first-order chi connectivity index (χ1) is 8.49. The monoisotopic (exact) mass is 260 g/mol. The van der Waals surface area contributed by atoms with E-state index in [1.54, 1.807) is 0 Å². The molecule has 0 aliphatic heterocycles. The lowest BCUT2D eigenvalue weighted by Crippen LogP contribution is -2.30. The first-order valence-electron chi connectivity index (χ1n) is 5.32. The zero-order valence-electron chi connectivity index (χ0n) is 9.77. The number of halogens is 2. The van der Waals surface area contributed by atoms with Gasteiger partial charge in [-0.1, -0.05) is 0 Å². The number of aliphatic hydroxyl groups is 1. The number of aliphatic hydroxyl groups excluding tert-OH is 1. The second kappa shape index (κ2) is 6.85. The molecule has 0 fully saturated rings. The number of carbonyl (C=O) groups excluding carboxylic acids is 1. The maximum atomic E-state index is 11.9. The van der Waals surface area contributed by atoms with Crippen molar-refractivity contribution in [2.45, 2.75) is 19.5 Å². The number of ether oxygens (including phenoxy) is 1. The van der Waals surface area contributed by atoms with Crippen LogP contribution in [0.15, 0.2) is 18.3 Å². The summed E-state index contributed by atoms with van der Waals surface area (Å²) in [6, 6.07) is 2.69. The Hall–Kier alpha value is -1.76. The van der Waals surface area contributed by atoms with Gasteiger partial charge in [0.15, 0.2) is 6.61 Å². The molecule has 0 spiro atoms. The Balaban J connectivity index is 2.60. The number of aromatic nitrogens is 1. The van der Waals surface area contributed by atoms with Crippen LogP contribution in [0.1, 0.15) is 17.3 Å². The Morgan fingerprint density at radius 2 is 2.33 bits per heavy atom. The molecular weight excluding hydrogens is 246 g/mol. The summed E-state index contributed by atoms with van der Waals surface area (Å²) in [5, 5.41) is 11.5. The van der Waals surface area contributed by atoms with E-state index in [0.717, 1.165) is 0 Å². The molecule has 0 saturated carbocycles. The molecule has 0 bridgehead atoms. The van der Waals surface area contributed by atoms with Crippen LogP contribution in [0.25, 0.3) is 0 Å². The van der Waals surface area contributed by atoms with Gasteiger partial charge >= 0.3 is 0 Å². The predicted octanol–water partition coefficient (Wildman–Crippen LogP) is 0.836. The third kappa shape index (κ3) is 5.05. The molecular formula is C11H14F2N2O3. The van der Waals surface area contributed by atoms with Crippen molar-refractivity contribution in [2.24, 2.45) is 0 Å². The lowest BCUT2D eigenvalue weighted by molar-refractivity contribution is 0.0794. The number of hydrogen-bond acceptors (Lipinski definition) is 4. The number of hydrogen-bond donors (Lipinski definition) is 2. The van der Waals surface area contributed by atoms with E-state index >= 15 is 0 Å². The lowest BCUT2D eigenvalue weighted by Gasteiger charge is -2.08. The molecule has 0 aromatic carbocycles. The highest BCUT2D eigenvalue weighted by atomic mass is 19.3. The van der Waals surface area contributed by atoms with Gasteiger partial charge < -0.3 is 15.2 Å². The maximum absolute atomic E-state index is 11.9. The van der Waals surface area contributed by atoms with Crippen LogP contribution in [0.5, 0.6) is 5.88 Å². The largest absolute Gasteiger partial charge is 0.472 e. The first-order valence-corrected chi connectivity index (χ1v) is 5.32. The van der Waals surface area contributed by atoms with Gasteiger partial charge in [0.2, 0.25) is 5.88 Å². The molecule has 1 aromatic rings. The van der Waals surface area contributed by atoms with Crippen molar-refractivity contribution in [1.82, 2.24) is 10.3 Å². The molecule has 1 heterocycles. The second-order valence-electron chi connectivity index (χ2n) is 3.64. The number of rotatable bonds is 6. The van der Waals surface area contributed by atoms with E-state index in [2.05, 4.69) is 10.3 Å². The number of carbonyl (C=O) groups is 1. The number of pyridine rings is 1. The molecule has 0 saturated heterocycles. The van der Waals surface area contributed by atoms with Gasteiger partial charge in [0.05, 0.1) is 6.10 Å². The second-order valence-corrected chi connectivity index (χ2v) is 3.64. The molecule has 0 aliphatic carbocycles. The van der Waals surface area contributed by atoms with E-state index in [1.165, 1.54) is 25.3 Å². The number of amides is 1. The van der Waals surface area contributed by atoms with E-state index in [4.69, 9.17) is 9.84 Å². The summed E-state index contributed by atoms with van der Waals surface area (Å²) in [5.41, 5.74) is 0.231. The molecule has 100 valence electrons. The standard InChI is InChI=1S/C11H14F2N2O3/c1-7(16)5-15-11(17)8-2-3-14-10(4-8)18-6-9(12)13/h2-4,7,9,16H,5-6H2,1H3,(H,15,17). The Labute approximate surface area is 103 Å². The molecule has 0 aliphatic rings. The van der Waals surface area contributed by atoms with E-state index in [-0.39, 0.29) is 18.0 Å². The van der Waals surface area contributed by atoms with Crippen molar-refractivity contribution in [1.29, 1.82) is 0 Å². The van der Waals surface area contributed by atoms with E-state index in [9.17, 15) is 13.6 Å². The minimum atomic E-state index is -2.60. The van der Waals surface area contributed by atoms with Crippen LogP contribution in [-0.4, -0.2) is 41.7 Å². The Bertz CT molecular complexity index is 400. The van der Waals surface area contributed by atoms with Gasteiger partial charge in [-0.3, -0.25) is 4.79 Å². The topological polar surface area (TPSA) is 71.5 Å². The van der Waals surface area contributed by atoms with Crippen LogP contribution in [0.3, 0.4) is 0 Å². The average Bonchev–Trinajstić information content (AvgIpc) is 2.33. The summed E-state index contributed by atoms with van der Waals surface area (Å²) in [6.07, 6.45) is -1.97. The average molecular weight is 260 g/mol. The van der Waals surface area contributed by atoms with Crippen molar-refractivity contribution in [2.75, 3.05) is 13.2 Å². The molecule has 1 amide bonds. The number of nitrogens with zero attached hydrogens (tertiary/aromatic N) is 1. The van der Waals surface area contributed by atoms with Crippen LogP contribution in [0.4, 0.5) is 8.78 Å². The van der Waals surface area contributed by atoms with E-state index in [1.807, 2.05) is 0 Å². The summed E-state index contributed by atoms with van der Waals surface area (Å²) in [4.78, 5) is 15.3. The van der Waals surface area contributed by atoms with Crippen molar-refractivity contribution in [3.8, 4) is 5.88 Å². The molecule has 1 unspecified atom stereocenters. The van der Waals surface area contributed by atoms with Crippen LogP contribution in [-0.2, 0) is 0 Å². The molecule has 1 atom stereocenters. The number of nitrogens with one attached hydrogen (secondary N) is 1. The highest BCUT2D eigenvalue weighted by Gasteiger charge is 2.09. The van der Waals surface area contributed by atoms with Crippen molar-refractivity contribution < 1.29 is 23.4 Å². The van der Waals surface area contributed by atoms with Gasteiger partial charge in [-0.25, -0.2) is 13.8 Å². The van der Waals surface area contributed by atoms with Gasteiger partial charge in [-0.05, 0) is 13.0 Å². The third-order valence-electron chi connectivity index (χ3n) is 1.91. The Kier molecular flexibility index (Phi) is 5.44.